The van der Waals surface area contributed by atoms with E-state index in [1.54, 1.807) is 0 Å². The Balaban J connectivity index is 1.98. The number of hydrogen-bond acceptors (Lipinski definition) is 6. The van der Waals surface area contributed by atoms with Gasteiger partial charge in [-0.25, -0.2) is 0 Å². The molecule has 4 unspecified atom stereocenters. The summed E-state index contributed by atoms with van der Waals surface area (Å²) in [5.41, 5.74) is 5.64. The summed E-state index contributed by atoms with van der Waals surface area (Å²) >= 11 is 0. The SMILES string of the molecule is NC1COC2C(O[N+](=O)[O-])COC12. The number of fused-ring (bicyclic) bond motifs is 1. The van der Waals surface area contributed by atoms with E-state index < -0.39 is 11.2 Å². The first-order valence-corrected chi connectivity index (χ1v) is 3.98. The molecular weight excluding hydrogens is 180 g/mol. The average Bonchev–Trinajstić information content (AvgIpc) is 2.56. The zero-order chi connectivity index (χ0) is 9.42. The third-order valence-corrected chi connectivity index (χ3v) is 2.27. The van der Waals surface area contributed by atoms with Crippen LogP contribution < -0.4 is 5.73 Å². The molecule has 2 aliphatic rings. The molecule has 2 saturated heterocycles. The topological polar surface area (TPSA) is 96.9 Å². The molecule has 74 valence electrons. The average molecular weight is 190 g/mol. The van der Waals surface area contributed by atoms with E-state index in [2.05, 4.69) is 4.84 Å². The molecular formula is C6H10N2O5. The first kappa shape index (κ1) is 8.67. The summed E-state index contributed by atoms with van der Waals surface area (Å²) in [4.78, 5) is 14.5. The summed E-state index contributed by atoms with van der Waals surface area (Å²) in [5, 5.41) is 9.24. The number of ether oxygens (including phenoxy) is 2. The second-order valence-electron chi connectivity index (χ2n) is 3.13. The van der Waals surface area contributed by atoms with Gasteiger partial charge < -0.3 is 20.0 Å². The lowest BCUT2D eigenvalue weighted by Crippen LogP contribution is -2.37. The van der Waals surface area contributed by atoms with Crippen LogP contribution in [0.5, 0.6) is 0 Å². The molecule has 2 aliphatic heterocycles. The molecule has 2 N–H and O–H groups in total. The van der Waals surface area contributed by atoms with E-state index in [0.29, 0.717) is 6.61 Å². The third kappa shape index (κ3) is 1.45. The molecule has 0 aromatic carbocycles. The van der Waals surface area contributed by atoms with Gasteiger partial charge in [0.25, 0.3) is 5.09 Å². The molecule has 4 atom stereocenters. The molecule has 2 fully saturated rings. The minimum absolute atomic E-state index is 0.171. The Morgan fingerprint density at radius 2 is 2.08 bits per heavy atom. The predicted octanol–water partition coefficient (Wildman–Crippen LogP) is -1.31. The van der Waals surface area contributed by atoms with Gasteiger partial charge in [-0.2, -0.15) is 0 Å². The lowest BCUT2D eigenvalue weighted by molar-refractivity contribution is -0.769. The van der Waals surface area contributed by atoms with E-state index >= 15 is 0 Å². The van der Waals surface area contributed by atoms with Crippen molar-refractivity contribution in [3.63, 3.8) is 0 Å². The van der Waals surface area contributed by atoms with Crippen LogP contribution in [0.2, 0.25) is 0 Å². The van der Waals surface area contributed by atoms with E-state index in [0.717, 1.165) is 0 Å². The van der Waals surface area contributed by atoms with Gasteiger partial charge in [-0.15, -0.1) is 10.1 Å². The largest absolute Gasteiger partial charge is 0.371 e. The summed E-state index contributed by atoms with van der Waals surface area (Å²) in [5.74, 6) is 0. The fourth-order valence-corrected chi connectivity index (χ4v) is 1.69. The lowest BCUT2D eigenvalue weighted by atomic mass is 10.1. The Morgan fingerprint density at radius 1 is 1.38 bits per heavy atom. The predicted molar refractivity (Wildman–Crippen MR) is 39.3 cm³/mol. The van der Waals surface area contributed by atoms with Gasteiger partial charge in [0.1, 0.15) is 12.2 Å². The van der Waals surface area contributed by atoms with Crippen molar-refractivity contribution >= 4 is 0 Å². The summed E-state index contributed by atoms with van der Waals surface area (Å²) in [6, 6.07) is -0.203. The summed E-state index contributed by atoms with van der Waals surface area (Å²) in [7, 11) is 0. The van der Waals surface area contributed by atoms with Crippen molar-refractivity contribution in [3.05, 3.63) is 10.1 Å². The highest BCUT2D eigenvalue weighted by Crippen LogP contribution is 2.27. The molecule has 0 aromatic heterocycles. The molecule has 7 nitrogen and oxygen atoms in total. The molecule has 7 heteroatoms. The van der Waals surface area contributed by atoms with Gasteiger partial charge in [0.05, 0.1) is 19.3 Å². The van der Waals surface area contributed by atoms with Crippen molar-refractivity contribution in [1.29, 1.82) is 0 Å². The maximum absolute atomic E-state index is 10.1. The molecule has 0 radical (unpaired) electrons. The zero-order valence-electron chi connectivity index (χ0n) is 6.79. The van der Waals surface area contributed by atoms with E-state index in [9.17, 15) is 10.1 Å². The Kier molecular flexibility index (Phi) is 2.06. The maximum atomic E-state index is 10.1. The van der Waals surface area contributed by atoms with Crippen LogP contribution in [0, 0.1) is 10.1 Å². The van der Waals surface area contributed by atoms with Crippen LogP contribution in [0.15, 0.2) is 0 Å². The molecule has 0 bridgehead atoms. The number of nitrogens with zero attached hydrogens (tertiary/aromatic N) is 1. The van der Waals surface area contributed by atoms with Crippen LogP contribution >= 0.6 is 0 Å². The smallest absolute Gasteiger partial charge is 0.294 e. The highest BCUT2D eigenvalue weighted by Gasteiger charge is 2.48. The van der Waals surface area contributed by atoms with Crippen molar-refractivity contribution in [2.45, 2.75) is 24.4 Å². The minimum Gasteiger partial charge on any atom is -0.371 e. The number of rotatable bonds is 2. The fourth-order valence-electron chi connectivity index (χ4n) is 1.69. The van der Waals surface area contributed by atoms with Crippen LogP contribution in [-0.2, 0) is 14.3 Å². The molecule has 2 rings (SSSR count). The fraction of sp³-hybridized carbons (Fsp3) is 1.00. The second kappa shape index (κ2) is 3.09. The van der Waals surface area contributed by atoms with Gasteiger partial charge in [0.15, 0.2) is 6.10 Å². The maximum Gasteiger partial charge on any atom is 0.294 e. The van der Waals surface area contributed by atoms with E-state index in [4.69, 9.17) is 15.2 Å². The van der Waals surface area contributed by atoms with Crippen LogP contribution in [0.4, 0.5) is 0 Å². The first-order chi connectivity index (χ1) is 6.18. The van der Waals surface area contributed by atoms with Crippen LogP contribution in [0.25, 0.3) is 0 Å². The van der Waals surface area contributed by atoms with Gasteiger partial charge in [0.2, 0.25) is 0 Å². The van der Waals surface area contributed by atoms with Crippen molar-refractivity contribution in [2.24, 2.45) is 5.73 Å². The molecule has 0 spiro atoms. The zero-order valence-corrected chi connectivity index (χ0v) is 6.79. The quantitative estimate of drug-likeness (QED) is 0.429. The van der Waals surface area contributed by atoms with E-state index in [1.165, 1.54) is 0 Å². The van der Waals surface area contributed by atoms with Crippen LogP contribution in [0.3, 0.4) is 0 Å². The Bertz CT molecular complexity index is 223. The standard InChI is InChI=1S/C6H10N2O5/c7-3-1-11-6-4(13-8(9)10)2-12-5(3)6/h3-6H,1-2,7H2. The number of hydrogen-bond donors (Lipinski definition) is 1. The van der Waals surface area contributed by atoms with Crippen molar-refractivity contribution in [2.75, 3.05) is 13.2 Å². The van der Waals surface area contributed by atoms with Gasteiger partial charge in [-0.1, -0.05) is 0 Å². The monoisotopic (exact) mass is 190 g/mol. The second-order valence-corrected chi connectivity index (χ2v) is 3.13. The van der Waals surface area contributed by atoms with Gasteiger partial charge in [0, 0.05) is 0 Å². The summed E-state index contributed by atoms with van der Waals surface area (Å²) in [6.45, 7) is 0.539. The lowest BCUT2D eigenvalue weighted by Gasteiger charge is -2.13. The van der Waals surface area contributed by atoms with Gasteiger partial charge >= 0.3 is 0 Å². The molecule has 2 heterocycles. The Morgan fingerprint density at radius 3 is 2.77 bits per heavy atom. The summed E-state index contributed by atoms with van der Waals surface area (Å²) in [6.07, 6.45) is -1.28. The Labute approximate surface area is 73.8 Å². The molecule has 0 saturated carbocycles. The molecule has 0 aliphatic carbocycles. The van der Waals surface area contributed by atoms with E-state index in [-0.39, 0.29) is 24.9 Å². The van der Waals surface area contributed by atoms with Crippen molar-refractivity contribution < 1.29 is 19.4 Å². The molecule has 13 heavy (non-hydrogen) atoms. The van der Waals surface area contributed by atoms with Gasteiger partial charge in [-0.05, 0) is 0 Å². The highest BCUT2D eigenvalue weighted by molar-refractivity contribution is 4.96. The number of nitrogens with two attached hydrogens (primary N) is 1. The van der Waals surface area contributed by atoms with Crippen molar-refractivity contribution in [3.8, 4) is 0 Å². The first-order valence-electron chi connectivity index (χ1n) is 3.98. The Hall–Kier alpha value is -0.920. The van der Waals surface area contributed by atoms with Crippen molar-refractivity contribution in [1.82, 2.24) is 0 Å². The summed E-state index contributed by atoms with van der Waals surface area (Å²) < 4.78 is 10.4. The van der Waals surface area contributed by atoms with Crippen LogP contribution in [-0.4, -0.2) is 42.7 Å². The van der Waals surface area contributed by atoms with Gasteiger partial charge in [-0.3, -0.25) is 0 Å². The molecule has 0 aromatic rings. The van der Waals surface area contributed by atoms with Crippen LogP contribution in [0.1, 0.15) is 0 Å². The highest BCUT2D eigenvalue weighted by atomic mass is 17.0. The normalized spacial score (nSPS) is 43.2. The van der Waals surface area contributed by atoms with E-state index in [1.807, 2.05) is 0 Å². The minimum atomic E-state index is -0.830. The third-order valence-electron chi connectivity index (χ3n) is 2.27. The molecule has 0 amide bonds.